The third-order valence-corrected chi connectivity index (χ3v) is 3.46. The summed E-state index contributed by atoms with van der Waals surface area (Å²) >= 11 is 9.24. The molecule has 0 radical (unpaired) electrons. The number of carboxylic acids is 1. The Morgan fingerprint density at radius 1 is 1.59 bits per heavy atom. The van der Waals surface area contributed by atoms with Crippen LogP contribution in [0.2, 0.25) is 5.02 Å². The number of hydrogen-bond acceptors (Lipinski definition) is 2. The zero-order valence-corrected chi connectivity index (χ0v) is 11.7. The molecule has 0 aromatic heterocycles. The molecule has 0 spiro atoms. The van der Waals surface area contributed by atoms with Gasteiger partial charge in [-0.2, -0.15) is 0 Å². The van der Waals surface area contributed by atoms with Crippen molar-refractivity contribution in [2.45, 2.75) is 13.3 Å². The van der Waals surface area contributed by atoms with E-state index < -0.39 is 5.97 Å². The van der Waals surface area contributed by atoms with Crippen LogP contribution in [0.5, 0.6) is 0 Å². The number of rotatable bonds is 5. The van der Waals surface area contributed by atoms with Crippen molar-refractivity contribution in [2.75, 3.05) is 11.9 Å². The lowest BCUT2D eigenvalue weighted by molar-refractivity contribution is -0.132. The van der Waals surface area contributed by atoms with Crippen LogP contribution in [0.25, 0.3) is 0 Å². The van der Waals surface area contributed by atoms with E-state index in [2.05, 4.69) is 21.2 Å². The lowest BCUT2D eigenvalue weighted by atomic mass is 10.2. The molecule has 1 aromatic rings. The van der Waals surface area contributed by atoms with Crippen LogP contribution in [0.4, 0.5) is 5.69 Å². The third-order valence-electron chi connectivity index (χ3n) is 2.23. The second kappa shape index (κ2) is 6.67. The van der Waals surface area contributed by atoms with E-state index in [4.69, 9.17) is 16.7 Å². The van der Waals surface area contributed by atoms with Gasteiger partial charge in [-0.25, -0.2) is 4.79 Å². The standard InChI is InChI=1S/C12H13BrClNO2/c1-2-8(12(16)17)5-6-15-9-3-4-10(13)11(14)7-9/h3-5,7,15H,2,6H2,1H3,(H,16,17)/b8-5-. The van der Waals surface area contributed by atoms with Gasteiger partial charge in [-0.05, 0) is 40.5 Å². The molecule has 0 aliphatic carbocycles. The minimum absolute atomic E-state index is 0.403. The molecular weight excluding hydrogens is 305 g/mol. The predicted octanol–water partition coefficient (Wildman–Crippen LogP) is 3.94. The van der Waals surface area contributed by atoms with Gasteiger partial charge < -0.3 is 10.4 Å². The largest absolute Gasteiger partial charge is 0.478 e. The van der Waals surface area contributed by atoms with Crippen molar-refractivity contribution in [1.29, 1.82) is 0 Å². The van der Waals surface area contributed by atoms with E-state index in [1.807, 2.05) is 19.1 Å². The Hall–Kier alpha value is -1.00. The van der Waals surface area contributed by atoms with Crippen molar-refractivity contribution in [3.8, 4) is 0 Å². The monoisotopic (exact) mass is 317 g/mol. The van der Waals surface area contributed by atoms with Gasteiger partial charge in [0, 0.05) is 22.3 Å². The molecule has 0 aliphatic heterocycles. The lowest BCUT2D eigenvalue weighted by Gasteiger charge is -2.05. The van der Waals surface area contributed by atoms with Crippen molar-refractivity contribution in [3.05, 3.63) is 39.3 Å². The van der Waals surface area contributed by atoms with Crippen molar-refractivity contribution in [2.24, 2.45) is 0 Å². The average molecular weight is 319 g/mol. The highest BCUT2D eigenvalue weighted by molar-refractivity contribution is 9.10. The number of aliphatic carboxylic acids is 1. The smallest absolute Gasteiger partial charge is 0.331 e. The summed E-state index contributed by atoms with van der Waals surface area (Å²) in [6.07, 6.45) is 2.18. The number of benzene rings is 1. The highest BCUT2D eigenvalue weighted by atomic mass is 79.9. The number of hydrogen-bond donors (Lipinski definition) is 2. The Morgan fingerprint density at radius 3 is 2.82 bits per heavy atom. The van der Waals surface area contributed by atoms with Crippen LogP contribution in [0.15, 0.2) is 34.3 Å². The molecule has 92 valence electrons. The number of anilines is 1. The topological polar surface area (TPSA) is 49.3 Å². The van der Waals surface area contributed by atoms with Gasteiger partial charge in [0.2, 0.25) is 0 Å². The zero-order valence-electron chi connectivity index (χ0n) is 9.34. The molecule has 0 fully saturated rings. The van der Waals surface area contributed by atoms with Crippen LogP contribution in [0, 0.1) is 0 Å². The van der Waals surface area contributed by atoms with Crippen LogP contribution >= 0.6 is 27.5 Å². The van der Waals surface area contributed by atoms with Crippen molar-refractivity contribution in [1.82, 2.24) is 0 Å². The Morgan fingerprint density at radius 2 is 2.29 bits per heavy atom. The molecular formula is C12H13BrClNO2. The summed E-state index contributed by atoms with van der Waals surface area (Å²) < 4.78 is 0.833. The first-order valence-electron chi connectivity index (χ1n) is 5.15. The molecule has 0 aliphatic rings. The summed E-state index contributed by atoms with van der Waals surface area (Å²) in [7, 11) is 0. The third kappa shape index (κ3) is 4.40. The average Bonchev–Trinajstić information content (AvgIpc) is 2.28. The van der Waals surface area contributed by atoms with Crippen molar-refractivity contribution in [3.63, 3.8) is 0 Å². The molecule has 0 saturated carbocycles. The fraction of sp³-hybridized carbons (Fsp3) is 0.250. The van der Waals surface area contributed by atoms with E-state index in [1.165, 1.54) is 0 Å². The summed E-state index contributed by atoms with van der Waals surface area (Å²) in [5, 5.41) is 12.5. The van der Waals surface area contributed by atoms with Crippen LogP contribution in [0.3, 0.4) is 0 Å². The second-order valence-corrected chi connectivity index (χ2v) is 4.66. The van der Waals surface area contributed by atoms with Crippen LogP contribution < -0.4 is 5.32 Å². The minimum atomic E-state index is -0.872. The molecule has 0 bridgehead atoms. The molecule has 1 aromatic carbocycles. The molecule has 0 amide bonds. The van der Waals surface area contributed by atoms with E-state index in [0.29, 0.717) is 23.6 Å². The van der Waals surface area contributed by atoms with E-state index in [0.717, 1.165) is 10.2 Å². The summed E-state index contributed by atoms with van der Waals surface area (Å²) in [5.74, 6) is -0.872. The van der Waals surface area contributed by atoms with Gasteiger partial charge in [-0.15, -0.1) is 0 Å². The minimum Gasteiger partial charge on any atom is -0.478 e. The maximum atomic E-state index is 10.7. The SMILES string of the molecule is CC/C(=C/CNc1ccc(Br)c(Cl)c1)C(=O)O. The maximum absolute atomic E-state index is 10.7. The Bertz CT molecular complexity index is 446. The Labute approximate surface area is 114 Å². The normalized spacial score (nSPS) is 11.4. The van der Waals surface area contributed by atoms with E-state index in [1.54, 1.807) is 12.1 Å². The second-order valence-electron chi connectivity index (χ2n) is 3.40. The molecule has 0 atom stereocenters. The molecule has 0 unspecified atom stereocenters. The summed E-state index contributed by atoms with van der Waals surface area (Å²) in [6, 6.07) is 5.49. The number of nitrogens with one attached hydrogen (secondary N) is 1. The zero-order chi connectivity index (χ0) is 12.8. The van der Waals surface area contributed by atoms with Gasteiger partial charge in [0.05, 0.1) is 5.02 Å². The van der Waals surface area contributed by atoms with E-state index in [9.17, 15) is 4.79 Å². The summed E-state index contributed by atoms with van der Waals surface area (Å²) in [4.78, 5) is 10.7. The van der Waals surface area contributed by atoms with Gasteiger partial charge in [0.15, 0.2) is 0 Å². The van der Waals surface area contributed by atoms with Crippen LogP contribution in [-0.4, -0.2) is 17.6 Å². The first kappa shape index (κ1) is 14.1. The van der Waals surface area contributed by atoms with Crippen molar-refractivity contribution >= 4 is 39.2 Å². The summed E-state index contributed by atoms with van der Waals surface area (Å²) in [6.45, 7) is 2.28. The molecule has 3 nitrogen and oxygen atoms in total. The fourth-order valence-electron chi connectivity index (χ4n) is 1.28. The van der Waals surface area contributed by atoms with E-state index in [-0.39, 0.29) is 0 Å². The fourth-order valence-corrected chi connectivity index (χ4v) is 1.71. The molecule has 17 heavy (non-hydrogen) atoms. The molecule has 5 heteroatoms. The predicted molar refractivity (Wildman–Crippen MR) is 73.7 cm³/mol. The number of carboxylic acid groups (broad SMARTS) is 1. The van der Waals surface area contributed by atoms with Gasteiger partial charge in [0.25, 0.3) is 0 Å². The molecule has 0 saturated heterocycles. The van der Waals surface area contributed by atoms with Gasteiger partial charge in [-0.3, -0.25) is 0 Å². The van der Waals surface area contributed by atoms with Crippen LogP contribution in [0.1, 0.15) is 13.3 Å². The van der Waals surface area contributed by atoms with Gasteiger partial charge in [-0.1, -0.05) is 24.6 Å². The highest BCUT2D eigenvalue weighted by Gasteiger charge is 2.03. The molecule has 1 rings (SSSR count). The van der Waals surface area contributed by atoms with Gasteiger partial charge >= 0.3 is 5.97 Å². The quantitative estimate of drug-likeness (QED) is 0.809. The number of carbonyl (C=O) groups is 1. The number of halogens is 2. The maximum Gasteiger partial charge on any atom is 0.331 e. The van der Waals surface area contributed by atoms with Crippen LogP contribution in [-0.2, 0) is 4.79 Å². The lowest BCUT2D eigenvalue weighted by Crippen LogP contribution is -2.04. The molecule has 0 heterocycles. The Balaban J connectivity index is 2.61. The highest BCUT2D eigenvalue weighted by Crippen LogP contribution is 2.25. The Kier molecular flexibility index (Phi) is 5.51. The van der Waals surface area contributed by atoms with Crippen molar-refractivity contribution < 1.29 is 9.90 Å². The first-order valence-corrected chi connectivity index (χ1v) is 6.33. The van der Waals surface area contributed by atoms with E-state index >= 15 is 0 Å². The molecule has 2 N–H and O–H groups in total. The van der Waals surface area contributed by atoms with Gasteiger partial charge in [0.1, 0.15) is 0 Å². The summed E-state index contributed by atoms with van der Waals surface area (Å²) in [5.41, 5.74) is 1.26. The first-order chi connectivity index (χ1) is 8.04.